The molecule has 0 N–H and O–H groups in total. The van der Waals surface area contributed by atoms with E-state index < -0.39 is 4.92 Å². The first-order chi connectivity index (χ1) is 11.1. The van der Waals surface area contributed by atoms with Crippen LogP contribution in [0.3, 0.4) is 0 Å². The molecule has 1 heterocycles. The fourth-order valence-corrected chi connectivity index (χ4v) is 2.92. The molecule has 0 aliphatic carbocycles. The summed E-state index contributed by atoms with van der Waals surface area (Å²) >= 11 is 0. The number of hydrogen-bond acceptors (Lipinski definition) is 3. The molecule has 5 heteroatoms. The highest BCUT2D eigenvalue weighted by atomic mass is 16.6. The number of aromatic nitrogens is 2. The van der Waals surface area contributed by atoms with Crippen molar-refractivity contribution in [1.82, 2.24) is 9.55 Å². The van der Waals surface area contributed by atoms with Gasteiger partial charge in [-0.05, 0) is 23.6 Å². The summed E-state index contributed by atoms with van der Waals surface area (Å²) in [5, 5.41) is 13.0. The molecule has 4 aromatic rings. The van der Waals surface area contributed by atoms with Gasteiger partial charge in [-0.25, -0.2) is 4.98 Å². The summed E-state index contributed by atoms with van der Waals surface area (Å²) in [7, 11) is 1.96. The zero-order valence-electron chi connectivity index (χ0n) is 12.4. The van der Waals surface area contributed by atoms with Crippen LogP contribution in [-0.2, 0) is 7.05 Å². The van der Waals surface area contributed by atoms with Crippen molar-refractivity contribution in [2.75, 3.05) is 0 Å². The van der Waals surface area contributed by atoms with Crippen LogP contribution in [0.2, 0.25) is 0 Å². The van der Waals surface area contributed by atoms with E-state index in [0.29, 0.717) is 0 Å². The second kappa shape index (κ2) is 4.91. The fourth-order valence-electron chi connectivity index (χ4n) is 2.92. The summed E-state index contributed by atoms with van der Waals surface area (Å²) in [6.07, 6.45) is 0. The molecule has 5 nitrogen and oxygen atoms in total. The number of nitrogens with zero attached hydrogens (tertiary/aromatic N) is 3. The first kappa shape index (κ1) is 13.5. The van der Waals surface area contributed by atoms with E-state index in [9.17, 15) is 10.1 Å². The highest BCUT2D eigenvalue weighted by Gasteiger charge is 2.13. The van der Waals surface area contributed by atoms with Gasteiger partial charge in [0.25, 0.3) is 5.69 Å². The summed E-state index contributed by atoms with van der Waals surface area (Å²) in [5.41, 5.74) is 2.92. The number of aryl methyl sites for hydroxylation is 1. The van der Waals surface area contributed by atoms with Crippen molar-refractivity contribution >= 4 is 27.5 Å². The molecule has 4 rings (SSSR count). The number of fused-ring (bicyclic) bond motifs is 3. The van der Waals surface area contributed by atoms with Crippen molar-refractivity contribution < 1.29 is 4.92 Å². The van der Waals surface area contributed by atoms with Gasteiger partial charge in [0.15, 0.2) is 0 Å². The number of benzene rings is 3. The van der Waals surface area contributed by atoms with Gasteiger partial charge in [-0.1, -0.05) is 30.3 Å². The summed E-state index contributed by atoms with van der Waals surface area (Å²) in [5.74, 6) is 0.797. The van der Waals surface area contributed by atoms with Gasteiger partial charge in [-0.15, -0.1) is 0 Å². The Hall–Kier alpha value is -3.21. The van der Waals surface area contributed by atoms with E-state index in [-0.39, 0.29) is 5.69 Å². The van der Waals surface area contributed by atoms with Gasteiger partial charge >= 0.3 is 0 Å². The van der Waals surface area contributed by atoms with Crippen molar-refractivity contribution in [3.63, 3.8) is 0 Å². The lowest BCUT2D eigenvalue weighted by molar-refractivity contribution is -0.384. The van der Waals surface area contributed by atoms with E-state index in [1.165, 1.54) is 12.1 Å². The second-order valence-corrected chi connectivity index (χ2v) is 5.45. The molecule has 0 amide bonds. The third kappa shape index (κ3) is 2.05. The van der Waals surface area contributed by atoms with Gasteiger partial charge in [-0.3, -0.25) is 10.1 Å². The molecule has 0 saturated heterocycles. The zero-order valence-corrected chi connectivity index (χ0v) is 12.4. The highest BCUT2D eigenvalue weighted by molar-refractivity contribution is 6.05. The Bertz CT molecular complexity index is 1050. The average Bonchev–Trinajstić information content (AvgIpc) is 2.92. The largest absolute Gasteiger partial charge is 0.327 e. The maximum Gasteiger partial charge on any atom is 0.269 e. The van der Waals surface area contributed by atoms with Crippen molar-refractivity contribution in [2.45, 2.75) is 0 Å². The van der Waals surface area contributed by atoms with E-state index in [1.54, 1.807) is 12.1 Å². The minimum atomic E-state index is -0.397. The predicted octanol–water partition coefficient (Wildman–Crippen LogP) is 4.30. The van der Waals surface area contributed by atoms with Gasteiger partial charge in [0, 0.05) is 30.1 Å². The first-order valence-corrected chi connectivity index (χ1v) is 7.24. The molecule has 0 fully saturated rings. The maximum atomic E-state index is 10.8. The molecule has 0 bridgehead atoms. The lowest BCUT2D eigenvalue weighted by Crippen LogP contribution is -1.93. The average molecular weight is 303 g/mol. The van der Waals surface area contributed by atoms with Crippen LogP contribution in [-0.4, -0.2) is 14.5 Å². The van der Waals surface area contributed by atoms with Crippen molar-refractivity contribution in [1.29, 1.82) is 0 Å². The third-order valence-electron chi connectivity index (χ3n) is 4.11. The van der Waals surface area contributed by atoms with Crippen molar-refractivity contribution in [2.24, 2.45) is 7.05 Å². The lowest BCUT2D eigenvalue weighted by Gasteiger charge is -2.02. The molecule has 0 unspecified atom stereocenters. The Morgan fingerprint density at radius 2 is 1.74 bits per heavy atom. The lowest BCUT2D eigenvalue weighted by atomic mass is 10.1. The van der Waals surface area contributed by atoms with Gasteiger partial charge in [0.1, 0.15) is 5.82 Å². The minimum Gasteiger partial charge on any atom is -0.327 e. The van der Waals surface area contributed by atoms with E-state index >= 15 is 0 Å². The van der Waals surface area contributed by atoms with Crippen LogP contribution in [0.1, 0.15) is 0 Å². The fraction of sp³-hybridized carbons (Fsp3) is 0.0556. The molecule has 0 radical (unpaired) electrons. The number of non-ortho nitro benzene ring substituents is 1. The summed E-state index contributed by atoms with van der Waals surface area (Å²) in [6.45, 7) is 0. The summed E-state index contributed by atoms with van der Waals surface area (Å²) in [6, 6.07) is 18.8. The molecule has 0 aliphatic heterocycles. The first-order valence-electron chi connectivity index (χ1n) is 7.24. The Kier molecular flexibility index (Phi) is 2.87. The van der Waals surface area contributed by atoms with Gasteiger partial charge in [0.2, 0.25) is 0 Å². The van der Waals surface area contributed by atoms with Crippen molar-refractivity contribution in [3.05, 3.63) is 70.8 Å². The topological polar surface area (TPSA) is 61.0 Å². The smallest absolute Gasteiger partial charge is 0.269 e. The standard InChI is InChI=1S/C18H13N3O2/c1-20-16-11-8-12-4-2-3-5-15(12)17(16)19-18(20)13-6-9-14(10-7-13)21(22)23/h2-11H,1H3. The molecule has 3 aromatic carbocycles. The van der Waals surface area contributed by atoms with Crippen LogP contribution in [0.25, 0.3) is 33.2 Å². The predicted molar refractivity (Wildman–Crippen MR) is 90.3 cm³/mol. The van der Waals surface area contributed by atoms with Crippen LogP contribution in [0.4, 0.5) is 5.69 Å². The zero-order chi connectivity index (χ0) is 16.0. The van der Waals surface area contributed by atoms with E-state index in [1.807, 2.05) is 23.7 Å². The monoisotopic (exact) mass is 303 g/mol. The van der Waals surface area contributed by atoms with Crippen molar-refractivity contribution in [3.8, 4) is 11.4 Å². The number of nitro benzene ring substituents is 1. The molecule has 23 heavy (non-hydrogen) atoms. The summed E-state index contributed by atoms with van der Waals surface area (Å²) < 4.78 is 2.02. The number of hydrogen-bond donors (Lipinski definition) is 0. The normalized spacial score (nSPS) is 11.2. The quantitative estimate of drug-likeness (QED) is 0.409. The SMILES string of the molecule is Cn1c(-c2ccc([N+](=O)[O-])cc2)nc2c3ccccc3ccc21. The maximum absolute atomic E-state index is 10.8. The van der Waals surface area contributed by atoms with Crippen LogP contribution in [0.15, 0.2) is 60.7 Å². The summed E-state index contributed by atoms with van der Waals surface area (Å²) in [4.78, 5) is 15.2. The number of nitro groups is 1. The minimum absolute atomic E-state index is 0.0814. The Labute approximate surface area is 132 Å². The highest BCUT2D eigenvalue weighted by Crippen LogP contribution is 2.29. The molecule has 0 aliphatic rings. The molecule has 0 spiro atoms. The Balaban J connectivity index is 1.95. The number of imidazole rings is 1. The van der Waals surface area contributed by atoms with Crippen LogP contribution < -0.4 is 0 Å². The Morgan fingerprint density at radius 1 is 1.00 bits per heavy atom. The van der Waals surface area contributed by atoms with Crippen LogP contribution in [0, 0.1) is 10.1 Å². The van der Waals surface area contributed by atoms with Gasteiger partial charge in [0.05, 0.1) is 16.0 Å². The van der Waals surface area contributed by atoms with Gasteiger partial charge < -0.3 is 4.57 Å². The molecule has 112 valence electrons. The van der Waals surface area contributed by atoms with Gasteiger partial charge in [-0.2, -0.15) is 0 Å². The molecular weight excluding hydrogens is 290 g/mol. The second-order valence-electron chi connectivity index (χ2n) is 5.45. The Morgan fingerprint density at radius 3 is 2.48 bits per heavy atom. The third-order valence-corrected chi connectivity index (χ3v) is 4.11. The number of rotatable bonds is 2. The molecule has 0 atom stereocenters. The van der Waals surface area contributed by atoms with E-state index in [4.69, 9.17) is 4.98 Å². The van der Waals surface area contributed by atoms with E-state index in [0.717, 1.165) is 33.2 Å². The van der Waals surface area contributed by atoms with Crippen LogP contribution >= 0.6 is 0 Å². The molecule has 1 aromatic heterocycles. The molecule has 0 saturated carbocycles. The molecular formula is C18H13N3O2. The van der Waals surface area contributed by atoms with E-state index in [2.05, 4.69) is 24.3 Å². The van der Waals surface area contributed by atoms with Crippen LogP contribution in [0.5, 0.6) is 0 Å².